The summed E-state index contributed by atoms with van der Waals surface area (Å²) in [6.07, 6.45) is -1.51. The van der Waals surface area contributed by atoms with E-state index in [-0.39, 0.29) is 5.92 Å². The minimum absolute atomic E-state index is 0.125. The first-order valence-corrected chi connectivity index (χ1v) is 4.80. The van der Waals surface area contributed by atoms with E-state index in [0.717, 1.165) is 0 Å². The Labute approximate surface area is 88.3 Å². The van der Waals surface area contributed by atoms with E-state index in [9.17, 15) is 13.2 Å². The molecular weight excluding hydrogens is 209 g/mol. The smallest absolute Gasteiger partial charge is 0.171 e. The highest BCUT2D eigenvalue weighted by atomic mass is 32.1. The molecule has 0 bridgehead atoms. The topological polar surface area (TPSA) is 0 Å². The number of hydrogen-bond donors (Lipinski definition) is 1. The maximum Gasteiger partial charge on any atom is 0.389 e. The molecule has 0 saturated carbocycles. The normalized spacial score (nSPS) is 17.0. The molecule has 4 heteroatoms. The molecule has 0 radical (unpaired) electrons. The van der Waals surface area contributed by atoms with Crippen LogP contribution in [0.2, 0.25) is 0 Å². The molecule has 0 nitrogen and oxygen atoms in total. The van der Waals surface area contributed by atoms with E-state index in [4.69, 9.17) is 0 Å². The van der Waals surface area contributed by atoms with Gasteiger partial charge in [-0.3, -0.25) is 0 Å². The van der Waals surface area contributed by atoms with Gasteiger partial charge in [0.25, 0.3) is 0 Å². The average Bonchev–Trinajstić information content (AvgIpc) is 1.96. The summed E-state index contributed by atoms with van der Waals surface area (Å²) in [6, 6.07) is 0. The van der Waals surface area contributed by atoms with Gasteiger partial charge in [-0.15, -0.1) is 12.6 Å². The molecule has 82 valence electrons. The Morgan fingerprint density at radius 1 is 1.43 bits per heavy atom. The lowest BCUT2D eigenvalue weighted by Crippen LogP contribution is -2.17. The van der Waals surface area contributed by atoms with Crippen LogP contribution in [0.5, 0.6) is 0 Å². The van der Waals surface area contributed by atoms with Crippen molar-refractivity contribution in [3.05, 3.63) is 23.6 Å². The van der Waals surface area contributed by atoms with Crippen LogP contribution in [0.3, 0.4) is 0 Å². The van der Waals surface area contributed by atoms with Crippen molar-refractivity contribution in [1.82, 2.24) is 0 Å². The molecule has 2 atom stereocenters. The van der Waals surface area contributed by atoms with Crippen LogP contribution < -0.4 is 0 Å². The number of rotatable bonds is 4. The van der Waals surface area contributed by atoms with Crippen molar-refractivity contribution >= 4 is 12.6 Å². The summed E-state index contributed by atoms with van der Waals surface area (Å²) < 4.78 is 36.0. The minimum Gasteiger partial charge on any atom is -0.171 e. The van der Waals surface area contributed by atoms with Gasteiger partial charge >= 0.3 is 6.18 Å². The van der Waals surface area contributed by atoms with Crippen molar-refractivity contribution in [2.45, 2.75) is 26.4 Å². The number of thiol groups is 1. The Kier molecular flexibility index (Phi) is 5.34. The first-order valence-electron chi connectivity index (χ1n) is 4.35. The predicted molar refractivity (Wildman–Crippen MR) is 56.3 cm³/mol. The molecule has 0 aliphatic carbocycles. The van der Waals surface area contributed by atoms with Crippen LogP contribution in [0.1, 0.15) is 20.3 Å². The number of allylic oxidation sites excluding steroid dienone is 2. The third-order valence-electron chi connectivity index (χ3n) is 2.04. The Hall–Kier alpha value is -0.380. The summed E-state index contributed by atoms with van der Waals surface area (Å²) in [4.78, 5) is 0.552. The van der Waals surface area contributed by atoms with Crippen LogP contribution >= 0.6 is 12.6 Å². The molecular formula is C10H15F3S. The molecule has 0 amide bonds. The predicted octanol–water partition coefficient (Wildman–Crippen LogP) is 4.21. The summed E-state index contributed by atoms with van der Waals surface area (Å²) in [7, 11) is 0. The molecule has 0 aromatic carbocycles. The fourth-order valence-corrected chi connectivity index (χ4v) is 1.09. The quantitative estimate of drug-likeness (QED) is 0.536. The van der Waals surface area contributed by atoms with Gasteiger partial charge in [-0.25, -0.2) is 0 Å². The Morgan fingerprint density at radius 2 is 1.93 bits per heavy atom. The number of halogens is 3. The van der Waals surface area contributed by atoms with E-state index in [1.807, 2.05) is 0 Å². The van der Waals surface area contributed by atoms with Gasteiger partial charge in [-0.2, -0.15) is 13.2 Å². The molecule has 0 rings (SSSR count). The van der Waals surface area contributed by atoms with Crippen molar-refractivity contribution in [2.24, 2.45) is 11.8 Å². The highest BCUT2D eigenvalue weighted by Crippen LogP contribution is 2.29. The SMILES string of the molecule is C=C(S)/C=C\C(C)C(C)CC(F)(F)F. The molecule has 0 aromatic heterocycles. The number of alkyl halides is 3. The summed E-state index contributed by atoms with van der Waals surface area (Å²) in [5.74, 6) is -0.542. The van der Waals surface area contributed by atoms with Crippen molar-refractivity contribution in [1.29, 1.82) is 0 Å². The van der Waals surface area contributed by atoms with E-state index >= 15 is 0 Å². The Balaban J connectivity index is 4.12. The maximum atomic E-state index is 12.0. The highest BCUT2D eigenvalue weighted by molar-refractivity contribution is 7.84. The lowest BCUT2D eigenvalue weighted by atomic mass is 9.92. The molecule has 0 aromatic rings. The monoisotopic (exact) mass is 224 g/mol. The second-order valence-electron chi connectivity index (χ2n) is 3.51. The van der Waals surface area contributed by atoms with Crippen molar-refractivity contribution in [3.63, 3.8) is 0 Å². The van der Waals surface area contributed by atoms with E-state index in [1.54, 1.807) is 26.0 Å². The van der Waals surface area contributed by atoms with Gasteiger partial charge < -0.3 is 0 Å². The zero-order chi connectivity index (χ0) is 11.4. The fourth-order valence-electron chi connectivity index (χ4n) is 1.00. The van der Waals surface area contributed by atoms with Crippen molar-refractivity contribution in [3.8, 4) is 0 Å². The second-order valence-corrected chi connectivity index (χ2v) is 4.08. The minimum atomic E-state index is -4.08. The maximum absolute atomic E-state index is 12.0. The van der Waals surface area contributed by atoms with E-state index in [1.165, 1.54) is 0 Å². The fraction of sp³-hybridized carbons (Fsp3) is 0.600. The molecule has 0 aliphatic rings. The van der Waals surface area contributed by atoms with Gasteiger partial charge in [-0.05, 0) is 16.7 Å². The molecule has 0 spiro atoms. The van der Waals surface area contributed by atoms with Gasteiger partial charge in [0, 0.05) is 6.42 Å². The first kappa shape index (κ1) is 13.6. The molecule has 0 aliphatic heterocycles. The summed E-state index contributed by atoms with van der Waals surface area (Å²) in [5, 5.41) is 0. The van der Waals surface area contributed by atoms with Crippen molar-refractivity contribution in [2.75, 3.05) is 0 Å². The second kappa shape index (κ2) is 5.49. The van der Waals surface area contributed by atoms with Crippen LogP contribution in [0.4, 0.5) is 13.2 Å². The van der Waals surface area contributed by atoms with Crippen LogP contribution in [-0.4, -0.2) is 6.18 Å². The first-order chi connectivity index (χ1) is 6.22. The largest absolute Gasteiger partial charge is 0.389 e. The van der Waals surface area contributed by atoms with E-state index in [0.29, 0.717) is 4.91 Å². The third-order valence-corrected chi connectivity index (χ3v) is 2.19. The van der Waals surface area contributed by atoms with Crippen LogP contribution in [-0.2, 0) is 0 Å². The van der Waals surface area contributed by atoms with Gasteiger partial charge in [0.1, 0.15) is 0 Å². The molecule has 14 heavy (non-hydrogen) atoms. The van der Waals surface area contributed by atoms with Gasteiger partial charge in [0.15, 0.2) is 0 Å². The Morgan fingerprint density at radius 3 is 2.29 bits per heavy atom. The van der Waals surface area contributed by atoms with Gasteiger partial charge in [0.2, 0.25) is 0 Å². The van der Waals surface area contributed by atoms with E-state index in [2.05, 4.69) is 19.2 Å². The van der Waals surface area contributed by atoms with Gasteiger partial charge in [-0.1, -0.05) is 32.6 Å². The Bertz CT molecular complexity index is 218. The summed E-state index contributed by atoms with van der Waals surface area (Å²) in [6.45, 7) is 6.86. The van der Waals surface area contributed by atoms with E-state index < -0.39 is 18.5 Å². The molecule has 2 unspecified atom stereocenters. The van der Waals surface area contributed by atoms with Crippen molar-refractivity contribution < 1.29 is 13.2 Å². The lowest BCUT2D eigenvalue weighted by Gasteiger charge is -2.18. The molecule has 0 fully saturated rings. The zero-order valence-electron chi connectivity index (χ0n) is 8.30. The lowest BCUT2D eigenvalue weighted by molar-refractivity contribution is -0.145. The highest BCUT2D eigenvalue weighted by Gasteiger charge is 2.31. The standard InChI is InChI=1S/C10H15F3S/c1-7(4-5-9(3)14)8(2)6-10(11,12)13/h4-5,7-8,14H,3,6H2,1-2H3/b5-4-. The number of hydrogen-bond acceptors (Lipinski definition) is 1. The average molecular weight is 224 g/mol. The summed E-state index contributed by atoms with van der Waals surface area (Å²) in [5.41, 5.74) is 0. The van der Waals surface area contributed by atoms with Crippen LogP contribution in [0.25, 0.3) is 0 Å². The molecule has 0 heterocycles. The zero-order valence-corrected chi connectivity index (χ0v) is 9.20. The third kappa shape index (κ3) is 7.06. The summed E-state index contributed by atoms with van der Waals surface area (Å²) >= 11 is 3.92. The van der Waals surface area contributed by atoms with Crippen LogP contribution in [0.15, 0.2) is 23.6 Å². The van der Waals surface area contributed by atoms with Gasteiger partial charge in [0.05, 0.1) is 0 Å². The molecule has 0 N–H and O–H groups in total. The van der Waals surface area contributed by atoms with Crippen LogP contribution in [0, 0.1) is 11.8 Å². The molecule has 0 saturated heterocycles.